The molecule has 4 aromatic rings. The highest BCUT2D eigenvalue weighted by Crippen LogP contribution is 2.51. The van der Waals surface area contributed by atoms with Crippen LogP contribution in [-0.2, 0) is 61.1 Å². The van der Waals surface area contributed by atoms with E-state index >= 15 is 0 Å². The number of benzene rings is 4. The van der Waals surface area contributed by atoms with Gasteiger partial charge < -0.3 is 33.5 Å². The third kappa shape index (κ3) is 10.9. The predicted molar refractivity (Wildman–Crippen MR) is 225 cm³/mol. The Balaban J connectivity index is 1.24. The number of allylic oxidation sites excluding steroid dienone is 3. The zero-order valence-corrected chi connectivity index (χ0v) is 33.5. The number of hydrogen-bond donors (Lipinski definition) is 1. The molecule has 0 aromatic heterocycles. The van der Waals surface area contributed by atoms with Crippen molar-refractivity contribution in [1.29, 1.82) is 0 Å². The average molecular weight is 771 g/mol. The Morgan fingerprint density at radius 3 is 1.86 bits per heavy atom. The number of unbranched alkanes of at least 4 members (excludes halogenated alkanes) is 1. The summed E-state index contributed by atoms with van der Waals surface area (Å²) in [6, 6.07) is 38.9. The van der Waals surface area contributed by atoms with Crippen LogP contribution in [0.3, 0.4) is 0 Å². The fourth-order valence-corrected chi connectivity index (χ4v) is 7.42. The van der Waals surface area contributed by atoms with E-state index in [2.05, 4.69) is 57.3 Å². The molecule has 4 aromatic carbocycles. The van der Waals surface area contributed by atoms with Gasteiger partial charge in [-0.25, -0.2) is 0 Å². The Kier molecular flexibility index (Phi) is 15.4. The quantitative estimate of drug-likeness (QED) is 0.0485. The molecule has 0 amide bonds. The lowest BCUT2D eigenvalue weighted by molar-refractivity contribution is -0.331. The van der Waals surface area contributed by atoms with E-state index < -0.39 is 29.7 Å². The molecule has 2 bridgehead atoms. The molecule has 57 heavy (non-hydrogen) atoms. The first kappa shape index (κ1) is 42.2. The van der Waals surface area contributed by atoms with E-state index in [4.69, 9.17) is 28.4 Å². The maximum Gasteiger partial charge on any atom is 0.225 e. The van der Waals surface area contributed by atoms with Gasteiger partial charge in [-0.2, -0.15) is 0 Å². The molecule has 2 fully saturated rings. The molecule has 6 rings (SSSR count). The Hall–Kier alpha value is -4.44. The molecule has 0 unspecified atom stereocenters. The summed E-state index contributed by atoms with van der Waals surface area (Å²) in [4.78, 5) is 0. The summed E-state index contributed by atoms with van der Waals surface area (Å²) in [6.45, 7) is 14.5. The summed E-state index contributed by atoms with van der Waals surface area (Å²) in [5.74, 6) is -1.45. The van der Waals surface area contributed by atoms with Gasteiger partial charge in [-0.1, -0.05) is 151 Å². The summed E-state index contributed by atoms with van der Waals surface area (Å²) in [6.07, 6.45) is 7.56. The Labute approximate surface area is 339 Å². The Morgan fingerprint density at radius 1 is 0.719 bits per heavy atom. The zero-order valence-electron chi connectivity index (χ0n) is 33.5. The second-order valence-electron chi connectivity index (χ2n) is 15.1. The number of aliphatic hydroxyl groups excluding tert-OH is 1. The van der Waals surface area contributed by atoms with Gasteiger partial charge in [0.2, 0.25) is 5.79 Å². The topological polar surface area (TPSA) is 75.6 Å². The molecule has 5 atom stereocenters. The van der Waals surface area contributed by atoms with Crippen molar-refractivity contribution in [3.63, 3.8) is 0 Å². The Bertz CT molecular complexity index is 1910. The monoisotopic (exact) mass is 770 g/mol. The number of aryl methyl sites for hydroxylation is 1. The highest BCUT2D eigenvalue weighted by atomic mass is 16.8. The van der Waals surface area contributed by atoms with E-state index in [0.29, 0.717) is 25.4 Å². The lowest BCUT2D eigenvalue weighted by Gasteiger charge is -2.50. The molecule has 7 heteroatoms. The number of rotatable bonds is 22. The molecule has 300 valence electrons. The summed E-state index contributed by atoms with van der Waals surface area (Å²) < 4.78 is 39.5. The van der Waals surface area contributed by atoms with Gasteiger partial charge >= 0.3 is 0 Å². The van der Waals surface area contributed by atoms with Crippen LogP contribution < -0.4 is 0 Å². The van der Waals surface area contributed by atoms with Crippen molar-refractivity contribution in [2.24, 2.45) is 0 Å². The van der Waals surface area contributed by atoms with Crippen LogP contribution in [0, 0.1) is 0 Å². The van der Waals surface area contributed by atoms with Gasteiger partial charge in [-0.3, -0.25) is 0 Å². The van der Waals surface area contributed by atoms with E-state index in [9.17, 15) is 5.11 Å². The highest BCUT2D eigenvalue weighted by Gasteiger charge is 2.69. The van der Waals surface area contributed by atoms with Gasteiger partial charge in [0.15, 0.2) is 0 Å². The lowest BCUT2D eigenvalue weighted by Crippen LogP contribution is -2.68. The molecule has 0 aliphatic carbocycles. The minimum Gasteiger partial charge on any atom is -0.393 e. The summed E-state index contributed by atoms with van der Waals surface area (Å²) in [7, 11) is 0. The van der Waals surface area contributed by atoms with E-state index in [-0.39, 0.29) is 19.8 Å². The standard InChI is InChI=1S/C50H58O7/c1-5-30-52-31-16-15-17-41-26-28-42(29-27-41)32-39(3)38(2)24-25-40(4)50-48(55-35-45-22-13-8-14-23-45)46(53-33-43-18-9-6-10-19-43)47(49(36-51,57-50)37-56-50)54-34-44-20-11-7-12-21-44/h5-14,18-29,46-48,51H,1,4,15-17,30-37H2,2-3H3/b25-24-,39-38+/t46-,47-,48+,49-,50-/m0/s1. The van der Waals surface area contributed by atoms with E-state index in [1.807, 2.05) is 97.1 Å². The zero-order chi connectivity index (χ0) is 39.9. The summed E-state index contributed by atoms with van der Waals surface area (Å²) >= 11 is 0. The van der Waals surface area contributed by atoms with Gasteiger partial charge in [0.25, 0.3) is 0 Å². The Morgan fingerprint density at radius 2 is 1.28 bits per heavy atom. The first-order valence-corrected chi connectivity index (χ1v) is 20.1. The molecule has 7 nitrogen and oxygen atoms in total. The van der Waals surface area contributed by atoms with Crippen LogP contribution in [0.4, 0.5) is 0 Å². The normalized spacial score (nSPS) is 23.4. The molecule has 2 aliphatic rings. The van der Waals surface area contributed by atoms with Gasteiger partial charge in [0.1, 0.15) is 23.9 Å². The molecular weight excluding hydrogens is 713 g/mol. The number of fused-ring (bicyclic) bond motifs is 2. The molecule has 0 radical (unpaired) electrons. The van der Waals surface area contributed by atoms with Crippen molar-refractivity contribution in [1.82, 2.24) is 0 Å². The third-order valence-corrected chi connectivity index (χ3v) is 10.9. The van der Waals surface area contributed by atoms with Crippen LogP contribution in [0.2, 0.25) is 0 Å². The molecule has 2 aliphatic heterocycles. The highest BCUT2D eigenvalue weighted by molar-refractivity contribution is 5.37. The van der Waals surface area contributed by atoms with Gasteiger partial charge in [0, 0.05) is 12.2 Å². The molecule has 1 N–H and O–H groups in total. The van der Waals surface area contributed by atoms with Crippen molar-refractivity contribution < 1.29 is 33.5 Å². The van der Waals surface area contributed by atoms with Crippen molar-refractivity contribution in [3.8, 4) is 0 Å². The SMILES string of the molecule is C=CCOCCCCc1ccc(C/C(C)=C(C)/C=C\C(=C)[C@]23OC[C@](CO)(O2)[C@@H](OCc2ccccc2)[C@H](OCc2ccccc2)[C@H]3OCc2ccccc2)cc1. The van der Waals surface area contributed by atoms with E-state index in [1.165, 1.54) is 16.7 Å². The van der Waals surface area contributed by atoms with Crippen LogP contribution in [0.5, 0.6) is 0 Å². The minimum absolute atomic E-state index is 0.0686. The number of aliphatic hydroxyl groups is 1. The fraction of sp³-hybridized carbons (Fsp3) is 0.360. The van der Waals surface area contributed by atoms with Gasteiger partial charge in [0.05, 0.1) is 39.6 Å². The van der Waals surface area contributed by atoms with Crippen LogP contribution in [-0.4, -0.2) is 61.2 Å². The molecule has 2 saturated heterocycles. The van der Waals surface area contributed by atoms with Crippen molar-refractivity contribution in [2.45, 2.75) is 89.1 Å². The third-order valence-electron chi connectivity index (χ3n) is 10.9. The largest absolute Gasteiger partial charge is 0.393 e. The van der Waals surface area contributed by atoms with Gasteiger partial charge in [-0.15, -0.1) is 6.58 Å². The predicted octanol–water partition coefficient (Wildman–Crippen LogP) is 9.45. The van der Waals surface area contributed by atoms with Crippen LogP contribution >= 0.6 is 0 Å². The summed E-state index contributed by atoms with van der Waals surface area (Å²) in [5.41, 5.74) is 7.26. The van der Waals surface area contributed by atoms with Crippen LogP contribution in [0.15, 0.2) is 163 Å². The molecule has 0 spiro atoms. The lowest BCUT2D eigenvalue weighted by atomic mass is 9.83. The maximum atomic E-state index is 11.1. The second kappa shape index (κ2) is 20.8. The molecule has 2 heterocycles. The summed E-state index contributed by atoms with van der Waals surface area (Å²) in [5, 5.41) is 11.1. The van der Waals surface area contributed by atoms with Gasteiger partial charge in [-0.05, 0) is 67.3 Å². The maximum absolute atomic E-state index is 11.1. The van der Waals surface area contributed by atoms with E-state index in [1.54, 1.807) is 6.08 Å². The van der Waals surface area contributed by atoms with E-state index in [0.717, 1.165) is 54.6 Å². The van der Waals surface area contributed by atoms with Crippen molar-refractivity contribution in [2.75, 3.05) is 26.4 Å². The number of ether oxygens (including phenoxy) is 6. The van der Waals surface area contributed by atoms with Crippen molar-refractivity contribution >= 4 is 0 Å². The average Bonchev–Trinajstić information content (AvgIpc) is 3.61. The van der Waals surface area contributed by atoms with Crippen LogP contribution in [0.1, 0.15) is 54.5 Å². The first-order chi connectivity index (χ1) is 27.9. The smallest absolute Gasteiger partial charge is 0.225 e. The van der Waals surface area contributed by atoms with Crippen molar-refractivity contribution in [3.05, 3.63) is 191 Å². The minimum atomic E-state index is -1.45. The fourth-order valence-electron chi connectivity index (χ4n) is 7.42. The van der Waals surface area contributed by atoms with Crippen LogP contribution in [0.25, 0.3) is 0 Å². The number of hydrogen-bond acceptors (Lipinski definition) is 7. The molecule has 0 saturated carbocycles. The molecular formula is C50H58O7. The first-order valence-electron chi connectivity index (χ1n) is 20.1. The second-order valence-corrected chi connectivity index (χ2v) is 15.1.